The predicted octanol–water partition coefficient (Wildman–Crippen LogP) is 2.38. The summed E-state index contributed by atoms with van der Waals surface area (Å²) >= 11 is 0. The van der Waals surface area contributed by atoms with Crippen LogP contribution in [0.25, 0.3) is 0 Å². The average molecular weight is 222 g/mol. The fraction of sp³-hybridized carbons (Fsp3) is 0.417. The number of hydrogen-bond donors (Lipinski definition) is 1. The van der Waals surface area contributed by atoms with Gasteiger partial charge in [-0.2, -0.15) is 0 Å². The molecule has 0 bridgehead atoms. The summed E-state index contributed by atoms with van der Waals surface area (Å²) in [5.74, 6) is 0.692. The van der Waals surface area contributed by atoms with Gasteiger partial charge in [-0.1, -0.05) is 19.1 Å². The number of amides is 2. The molecule has 0 fully saturated rings. The van der Waals surface area contributed by atoms with Crippen molar-refractivity contribution < 1.29 is 9.53 Å². The van der Waals surface area contributed by atoms with Crippen molar-refractivity contribution >= 4 is 11.7 Å². The van der Waals surface area contributed by atoms with Gasteiger partial charge in [0.2, 0.25) is 0 Å². The maximum Gasteiger partial charge on any atom is 0.319 e. The number of nitrogens with two attached hydrogens (primary N) is 1. The maximum atomic E-state index is 11.3. The van der Waals surface area contributed by atoms with Crippen molar-refractivity contribution in [1.82, 2.24) is 0 Å². The van der Waals surface area contributed by atoms with Crippen LogP contribution in [0.15, 0.2) is 24.3 Å². The molecule has 0 unspecified atom stereocenters. The largest absolute Gasteiger partial charge is 0.492 e. The average Bonchev–Trinajstić information content (AvgIpc) is 2.27. The molecular formula is C12H18N2O2. The Morgan fingerprint density at radius 3 is 2.62 bits per heavy atom. The third-order valence-electron chi connectivity index (χ3n) is 2.17. The van der Waals surface area contributed by atoms with Crippen LogP contribution in [0, 0.1) is 0 Å². The molecule has 0 aliphatic carbocycles. The van der Waals surface area contributed by atoms with Crippen molar-refractivity contribution in [3.05, 3.63) is 24.3 Å². The molecule has 0 spiro atoms. The summed E-state index contributed by atoms with van der Waals surface area (Å²) in [5.41, 5.74) is 6.09. The van der Waals surface area contributed by atoms with E-state index in [9.17, 15) is 4.79 Å². The lowest BCUT2D eigenvalue weighted by Gasteiger charge is -2.22. The van der Waals surface area contributed by atoms with Gasteiger partial charge in [-0.3, -0.25) is 4.90 Å². The van der Waals surface area contributed by atoms with Crippen molar-refractivity contribution in [1.29, 1.82) is 0 Å². The van der Waals surface area contributed by atoms with Gasteiger partial charge in [-0.05, 0) is 25.5 Å². The highest BCUT2D eigenvalue weighted by Crippen LogP contribution is 2.27. The van der Waals surface area contributed by atoms with E-state index in [1.807, 2.05) is 38.1 Å². The highest BCUT2D eigenvalue weighted by Gasteiger charge is 2.15. The number of carbonyl (C=O) groups is 1. The van der Waals surface area contributed by atoms with Gasteiger partial charge < -0.3 is 10.5 Å². The standard InChI is InChI=1S/C12H18N2O2/c1-3-9-14(12(13)15)10-7-5-6-8-11(10)16-4-2/h5-8H,3-4,9H2,1-2H3,(H2,13,15). The number of primary amides is 1. The van der Waals surface area contributed by atoms with E-state index in [0.717, 1.165) is 12.1 Å². The van der Waals surface area contributed by atoms with Crippen LogP contribution in [-0.2, 0) is 0 Å². The third kappa shape index (κ3) is 2.89. The second-order valence-corrected chi connectivity index (χ2v) is 3.39. The van der Waals surface area contributed by atoms with Crippen LogP contribution in [0.4, 0.5) is 10.5 Å². The van der Waals surface area contributed by atoms with Crippen molar-refractivity contribution in [2.75, 3.05) is 18.1 Å². The molecule has 0 radical (unpaired) electrons. The number of carbonyl (C=O) groups excluding carboxylic acids is 1. The molecule has 88 valence electrons. The van der Waals surface area contributed by atoms with Gasteiger partial charge in [0.25, 0.3) is 0 Å². The number of ether oxygens (including phenoxy) is 1. The highest BCUT2D eigenvalue weighted by atomic mass is 16.5. The fourth-order valence-electron chi connectivity index (χ4n) is 1.53. The summed E-state index contributed by atoms with van der Waals surface area (Å²) in [6.45, 7) is 5.07. The van der Waals surface area contributed by atoms with E-state index in [-0.39, 0.29) is 0 Å². The molecule has 0 aromatic heterocycles. The topological polar surface area (TPSA) is 55.6 Å². The van der Waals surface area contributed by atoms with E-state index in [2.05, 4.69) is 0 Å². The van der Waals surface area contributed by atoms with Gasteiger partial charge in [0.1, 0.15) is 5.75 Å². The summed E-state index contributed by atoms with van der Waals surface area (Å²) in [6.07, 6.45) is 0.851. The first-order valence-electron chi connectivity index (χ1n) is 5.49. The van der Waals surface area contributed by atoms with Gasteiger partial charge in [-0.15, -0.1) is 0 Å². The number of nitrogens with zero attached hydrogens (tertiary/aromatic N) is 1. The quantitative estimate of drug-likeness (QED) is 0.831. The molecule has 0 aliphatic rings. The number of hydrogen-bond acceptors (Lipinski definition) is 2. The zero-order chi connectivity index (χ0) is 12.0. The Kier molecular flexibility index (Phi) is 4.64. The summed E-state index contributed by atoms with van der Waals surface area (Å²) in [5, 5.41) is 0. The summed E-state index contributed by atoms with van der Waals surface area (Å²) in [6, 6.07) is 6.97. The maximum absolute atomic E-state index is 11.3. The number of benzene rings is 1. The van der Waals surface area contributed by atoms with E-state index < -0.39 is 6.03 Å². The van der Waals surface area contributed by atoms with E-state index >= 15 is 0 Å². The first-order valence-corrected chi connectivity index (χ1v) is 5.49. The van der Waals surface area contributed by atoms with E-state index in [0.29, 0.717) is 18.9 Å². The van der Waals surface area contributed by atoms with Crippen molar-refractivity contribution in [2.45, 2.75) is 20.3 Å². The van der Waals surface area contributed by atoms with Crippen molar-refractivity contribution in [3.8, 4) is 5.75 Å². The highest BCUT2D eigenvalue weighted by molar-refractivity contribution is 5.92. The molecule has 0 aliphatic heterocycles. The normalized spacial score (nSPS) is 9.88. The van der Waals surface area contributed by atoms with Crippen LogP contribution in [0.2, 0.25) is 0 Å². The van der Waals surface area contributed by atoms with Crippen LogP contribution in [0.3, 0.4) is 0 Å². The minimum atomic E-state index is -0.450. The van der Waals surface area contributed by atoms with Crippen molar-refractivity contribution in [2.24, 2.45) is 5.73 Å². The lowest BCUT2D eigenvalue weighted by Crippen LogP contribution is -2.36. The molecule has 0 saturated carbocycles. The number of urea groups is 1. The monoisotopic (exact) mass is 222 g/mol. The Labute approximate surface area is 96.0 Å². The first kappa shape index (κ1) is 12.4. The van der Waals surface area contributed by atoms with Gasteiger partial charge >= 0.3 is 6.03 Å². The van der Waals surface area contributed by atoms with Crippen LogP contribution in [0.5, 0.6) is 5.75 Å². The smallest absolute Gasteiger partial charge is 0.319 e. The third-order valence-corrected chi connectivity index (χ3v) is 2.17. The predicted molar refractivity (Wildman–Crippen MR) is 64.8 cm³/mol. The molecule has 0 saturated heterocycles. The van der Waals surface area contributed by atoms with Crippen molar-refractivity contribution in [3.63, 3.8) is 0 Å². The summed E-state index contributed by atoms with van der Waals surface area (Å²) in [4.78, 5) is 12.9. The van der Waals surface area contributed by atoms with Gasteiger partial charge in [-0.25, -0.2) is 4.79 Å². The lowest BCUT2D eigenvalue weighted by molar-refractivity contribution is 0.253. The number of para-hydroxylation sites is 2. The van der Waals surface area contributed by atoms with Crippen LogP contribution >= 0.6 is 0 Å². The molecule has 2 amide bonds. The Morgan fingerprint density at radius 1 is 1.38 bits per heavy atom. The lowest BCUT2D eigenvalue weighted by atomic mass is 10.2. The van der Waals surface area contributed by atoms with E-state index in [1.165, 1.54) is 4.90 Å². The molecule has 16 heavy (non-hydrogen) atoms. The van der Waals surface area contributed by atoms with E-state index in [4.69, 9.17) is 10.5 Å². The number of rotatable bonds is 5. The van der Waals surface area contributed by atoms with E-state index in [1.54, 1.807) is 0 Å². The molecule has 0 heterocycles. The first-order chi connectivity index (χ1) is 7.70. The summed E-state index contributed by atoms with van der Waals surface area (Å²) in [7, 11) is 0. The Balaban J connectivity index is 3.02. The minimum Gasteiger partial charge on any atom is -0.492 e. The second-order valence-electron chi connectivity index (χ2n) is 3.39. The SMILES string of the molecule is CCCN(C(N)=O)c1ccccc1OCC. The zero-order valence-corrected chi connectivity index (χ0v) is 9.77. The van der Waals surface area contributed by atoms with Gasteiger partial charge in [0, 0.05) is 6.54 Å². The van der Waals surface area contributed by atoms with Crippen LogP contribution < -0.4 is 15.4 Å². The molecule has 0 atom stereocenters. The molecule has 1 aromatic carbocycles. The second kappa shape index (κ2) is 6.00. The molecule has 1 rings (SSSR count). The number of anilines is 1. The van der Waals surface area contributed by atoms with Gasteiger partial charge in [0.15, 0.2) is 0 Å². The van der Waals surface area contributed by atoms with Gasteiger partial charge in [0.05, 0.1) is 12.3 Å². The molecular weight excluding hydrogens is 204 g/mol. The molecule has 4 nitrogen and oxygen atoms in total. The summed E-state index contributed by atoms with van der Waals surface area (Å²) < 4.78 is 5.47. The Morgan fingerprint density at radius 2 is 2.06 bits per heavy atom. The molecule has 2 N–H and O–H groups in total. The molecule has 1 aromatic rings. The Bertz CT molecular complexity index is 353. The van der Waals surface area contributed by atoms with Crippen LogP contribution in [-0.4, -0.2) is 19.2 Å². The fourth-order valence-corrected chi connectivity index (χ4v) is 1.53. The molecule has 4 heteroatoms. The van der Waals surface area contributed by atoms with Crippen LogP contribution in [0.1, 0.15) is 20.3 Å². The zero-order valence-electron chi connectivity index (χ0n) is 9.77. The Hall–Kier alpha value is -1.71. The minimum absolute atomic E-state index is 0.450.